The molecule has 2 nitrogen and oxygen atoms in total. The second-order valence-electron chi connectivity index (χ2n) is 3.36. The van der Waals surface area contributed by atoms with Gasteiger partial charge in [0.2, 0.25) is 0 Å². The molecule has 2 rings (SSSR count). The van der Waals surface area contributed by atoms with E-state index in [0.29, 0.717) is 5.88 Å². The van der Waals surface area contributed by atoms with Crippen LogP contribution in [0.3, 0.4) is 0 Å². The first-order chi connectivity index (χ1) is 6.76. The van der Waals surface area contributed by atoms with Gasteiger partial charge in [-0.3, -0.25) is 0 Å². The molecule has 0 N–H and O–H groups in total. The number of aryl methyl sites for hydroxylation is 2. The van der Waals surface area contributed by atoms with E-state index in [1.807, 2.05) is 6.92 Å². The van der Waals surface area contributed by atoms with Crippen LogP contribution in [-0.2, 0) is 12.4 Å². The molecule has 1 heterocycles. The Hall–Kier alpha value is -1.02. The van der Waals surface area contributed by atoms with Crippen LogP contribution < -0.4 is 0 Å². The van der Waals surface area contributed by atoms with Crippen molar-refractivity contribution in [1.29, 1.82) is 0 Å². The molecule has 0 bridgehead atoms. The SMILES string of the molecule is CCn1c(C)nc2cc(CCl)ccc21. The summed E-state index contributed by atoms with van der Waals surface area (Å²) in [7, 11) is 0. The van der Waals surface area contributed by atoms with Gasteiger partial charge in [0.05, 0.1) is 11.0 Å². The zero-order valence-electron chi connectivity index (χ0n) is 8.42. The van der Waals surface area contributed by atoms with Crippen molar-refractivity contribution in [3.63, 3.8) is 0 Å². The van der Waals surface area contributed by atoms with Gasteiger partial charge in [0.15, 0.2) is 0 Å². The average molecular weight is 209 g/mol. The van der Waals surface area contributed by atoms with Gasteiger partial charge >= 0.3 is 0 Å². The molecule has 0 atom stereocenters. The first-order valence-corrected chi connectivity index (χ1v) is 5.31. The maximum atomic E-state index is 5.77. The molecule has 0 saturated carbocycles. The van der Waals surface area contributed by atoms with Crippen molar-refractivity contribution in [2.45, 2.75) is 26.3 Å². The molecule has 0 amide bonds. The van der Waals surface area contributed by atoms with Crippen molar-refractivity contribution in [3.05, 3.63) is 29.6 Å². The maximum absolute atomic E-state index is 5.77. The Balaban J connectivity index is 2.68. The highest BCUT2D eigenvalue weighted by Gasteiger charge is 2.05. The van der Waals surface area contributed by atoms with Gasteiger partial charge in [-0.25, -0.2) is 4.98 Å². The molecule has 0 saturated heterocycles. The van der Waals surface area contributed by atoms with E-state index in [-0.39, 0.29) is 0 Å². The highest BCUT2D eigenvalue weighted by Crippen LogP contribution is 2.18. The van der Waals surface area contributed by atoms with Crippen molar-refractivity contribution in [2.75, 3.05) is 0 Å². The van der Waals surface area contributed by atoms with Gasteiger partial charge in [-0.2, -0.15) is 0 Å². The van der Waals surface area contributed by atoms with Crippen molar-refractivity contribution in [1.82, 2.24) is 9.55 Å². The van der Waals surface area contributed by atoms with Crippen LogP contribution in [0.25, 0.3) is 11.0 Å². The van der Waals surface area contributed by atoms with Crippen LogP contribution in [0.1, 0.15) is 18.3 Å². The second kappa shape index (κ2) is 3.62. The first kappa shape index (κ1) is 9.53. The predicted molar refractivity (Wildman–Crippen MR) is 59.7 cm³/mol. The summed E-state index contributed by atoms with van der Waals surface area (Å²) in [5.74, 6) is 1.61. The number of hydrogen-bond acceptors (Lipinski definition) is 1. The van der Waals surface area contributed by atoms with Crippen LogP contribution in [0.2, 0.25) is 0 Å². The van der Waals surface area contributed by atoms with E-state index < -0.39 is 0 Å². The number of imidazole rings is 1. The number of benzene rings is 1. The summed E-state index contributed by atoms with van der Waals surface area (Å²) in [6.45, 7) is 5.12. The number of aromatic nitrogens is 2. The lowest BCUT2D eigenvalue weighted by Gasteiger charge is -2.01. The Morgan fingerprint density at radius 2 is 2.21 bits per heavy atom. The van der Waals surface area contributed by atoms with Crippen LogP contribution in [0.4, 0.5) is 0 Å². The van der Waals surface area contributed by atoms with Gasteiger partial charge in [-0.05, 0) is 31.5 Å². The fourth-order valence-electron chi connectivity index (χ4n) is 1.78. The third kappa shape index (κ3) is 1.40. The lowest BCUT2D eigenvalue weighted by molar-refractivity contribution is 0.753. The highest BCUT2D eigenvalue weighted by atomic mass is 35.5. The summed E-state index contributed by atoms with van der Waals surface area (Å²) in [5, 5.41) is 0. The van der Waals surface area contributed by atoms with Crippen molar-refractivity contribution in [3.8, 4) is 0 Å². The van der Waals surface area contributed by atoms with Gasteiger partial charge in [-0.15, -0.1) is 11.6 Å². The normalized spacial score (nSPS) is 11.1. The average Bonchev–Trinajstić information content (AvgIpc) is 2.51. The summed E-state index contributed by atoms with van der Waals surface area (Å²) in [6, 6.07) is 6.21. The minimum absolute atomic E-state index is 0.550. The molecule has 2 aromatic rings. The fraction of sp³-hybridized carbons (Fsp3) is 0.364. The molecule has 3 heteroatoms. The number of fused-ring (bicyclic) bond motifs is 1. The number of rotatable bonds is 2. The van der Waals surface area contributed by atoms with E-state index in [4.69, 9.17) is 11.6 Å². The van der Waals surface area contributed by atoms with Crippen molar-refractivity contribution in [2.24, 2.45) is 0 Å². The topological polar surface area (TPSA) is 17.8 Å². The smallest absolute Gasteiger partial charge is 0.106 e. The molecule has 1 aromatic heterocycles. The monoisotopic (exact) mass is 208 g/mol. The van der Waals surface area contributed by atoms with Crippen LogP contribution in [0, 0.1) is 6.92 Å². The molecular weight excluding hydrogens is 196 g/mol. The van der Waals surface area contributed by atoms with E-state index in [2.05, 4.69) is 34.7 Å². The molecule has 14 heavy (non-hydrogen) atoms. The number of hydrogen-bond donors (Lipinski definition) is 0. The van der Waals surface area contributed by atoms with Crippen molar-refractivity contribution < 1.29 is 0 Å². The summed E-state index contributed by atoms with van der Waals surface area (Å²) in [6.07, 6.45) is 0. The summed E-state index contributed by atoms with van der Waals surface area (Å²) >= 11 is 5.77. The summed E-state index contributed by atoms with van der Waals surface area (Å²) in [5.41, 5.74) is 3.36. The van der Waals surface area contributed by atoms with E-state index >= 15 is 0 Å². The Morgan fingerprint density at radius 1 is 1.43 bits per heavy atom. The minimum Gasteiger partial charge on any atom is -0.329 e. The Labute approximate surface area is 88.5 Å². The van der Waals surface area contributed by atoms with Gasteiger partial charge in [0, 0.05) is 12.4 Å². The molecule has 0 aliphatic rings. The summed E-state index contributed by atoms with van der Waals surface area (Å²) < 4.78 is 2.20. The lowest BCUT2D eigenvalue weighted by Crippen LogP contribution is -1.95. The standard InChI is InChI=1S/C11H13ClN2/c1-3-14-8(2)13-10-6-9(7-12)4-5-11(10)14/h4-6H,3,7H2,1-2H3. The Bertz CT molecular complexity index is 460. The van der Waals surface area contributed by atoms with E-state index in [1.54, 1.807) is 0 Å². The van der Waals surface area contributed by atoms with E-state index in [1.165, 1.54) is 5.52 Å². The summed E-state index contributed by atoms with van der Waals surface area (Å²) in [4.78, 5) is 4.50. The molecule has 1 aromatic carbocycles. The quantitative estimate of drug-likeness (QED) is 0.694. The molecule has 0 aliphatic carbocycles. The van der Waals surface area contributed by atoms with E-state index in [9.17, 15) is 0 Å². The van der Waals surface area contributed by atoms with Crippen LogP contribution in [-0.4, -0.2) is 9.55 Å². The van der Waals surface area contributed by atoms with E-state index in [0.717, 1.165) is 23.4 Å². The van der Waals surface area contributed by atoms with Crippen LogP contribution in [0.5, 0.6) is 0 Å². The largest absolute Gasteiger partial charge is 0.329 e. The lowest BCUT2D eigenvalue weighted by atomic mass is 10.2. The van der Waals surface area contributed by atoms with Gasteiger partial charge < -0.3 is 4.57 Å². The second-order valence-corrected chi connectivity index (χ2v) is 3.63. The first-order valence-electron chi connectivity index (χ1n) is 4.78. The number of alkyl halides is 1. The fourth-order valence-corrected chi connectivity index (χ4v) is 1.94. The predicted octanol–water partition coefficient (Wildman–Crippen LogP) is 3.10. The van der Waals surface area contributed by atoms with Gasteiger partial charge in [0.25, 0.3) is 0 Å². The third-order valence-electron chi connectivity index (χ3n) is 2.47. The molecule has 0 radical (unpaired) electrons. The van der Waals surface area contributed by atoms with Gasteiger partial charge in [0.1, 0.15) is 5.82 Å². The number of nitrogens with zero attached hydrogens (tertiary/aromatic N) is 2. The molecule has 74 valence electrons. The zero-order chi connectivity index (χ0) is 10.1. The minimum atomic E-state index is 0.550. The Kier molecular flexibility index (Phi) is 2.46. The number of halogens is 1. The van der Waals surface area contributed by atoms with Crippen molar-refractivity contribution >= 4 is 22.6 Å². The Morgan fingerprint density at radius 3 is 2.86 bits per heavy atom. The molecule has 0 aliphatic heterocycles. The third-order valence-corrected chi connectivity index (χ3v) is 2.78. The molecule has 0 spiro atoms. The molecule has 0 fully saturated rings. The molecule has 0 unspecified atom stereocenters. The maximum Gasteiger partial charge on any atom is 0.106 e. The molecular formula is C11H13ClN2. The van der Waals surface area contributed by atoms with Crippen LogP contribution >= 0.6 is 11.6 Å². The highest BCUT2D eigenvalue weighted by molar-refractivity contribution is 6.17. The zero-order valence-corrected chi connectivity index (χ0v) is 9.17. The van der Waals surface area contributed by atoms with Crippen LogP contribution in [0.15, 0.2) is 18.2 Å². The van der Waals surface area contributed by atoms with Gasteiger partial charge in [-0.1, -0.05) is 6.07 Å².